The molecule has 1 aliphatic carbocycles. The van der Waals surface area contributed by atoms with Crippen LogP contribution < -0.4 is 5.32 Å². The Hall–Kier alpha value is -2.17. The van der Waals surface area contributed by atoms with Crippen molar-refractivity contribution in [1.82, 2.24) is 5.32 Å². The number of ketones is 1. The molecule has 5 heteroatoms. The lowest BCUT2D eigenvalue weighted by molar-refractivity contribution is -0.142. The lowest BCUT2D eigenvalue weighted by atomic mass is 10.0. The highest BCUT2D eigenvalue weighted by atomic mass is 16.4. The van der Waals surface area contributed by atoms with Crippen LogP contribution in [0.3, 0.4) is 0 Å². The Kier molecular flexibility index (Phi) is 5.90. The highest BCUT2D eigenvalue weighted by Gasteiger charge is 2.30. The molecule has 2 N–H and O–H groups in total. The van der Waals surface area contributed by atoms with Gasteiger partial charge in [0.1, 0.15) is 6.04 Å². The molecule has 1 atom stereocenters. The Morgan fingerprint density at radius 1 is 1.17 bits per heavy atom. The molecule has 0 heterocycles. The zero-order chi connectivity index (χ0) is 16.8. The van der Waals surface area contributed by atoms with Crippen molar-refractivity contribution in [2.45, 2.75) is 51.5 Å². The number of nitrogens with one attached hydrogen (secondary N) is 1. The minimum Gasteiger partial charge on any atom is -0.480 e. The second-order valence-corrected chi connectivity index (χ2v) is 6.11. The number of aryl methyl sites for hydroxylation is 1. The molecule has 1 unspecified atom stereocenters. The summed E-state index contributed by atoms with van der Waals surface area (Å²) in [7, 11) is 0. The van der Waals surface area contributed by atoms with Gasteiger partial charge in [-0.2, -0.15) is 0 Å². The van der Waals surface area contributed by atoms with Crippen LogP contribution in [0.4, 0.5) is 0 Å². The van der Waals surface area contributed by atoms with Crippen LogP contribution in [0.2, 0.25) is 0 Å². The number of carbonyl (C=O) groups excluding carboxylic acids is 2. The van der Waals surface area contributed by atoms with Crippen LogP contribution in [0.1, 0.15) is 54.9 Å². The molecule has 1 aliphatic rings. The Morgan fingerprint density at radius 3 is 2.35 bits per heavy atom. The van der Waals surface area contributed by atoms with Crippen LogP contribution in [-0.2, 0) is 16.0 Å². The molecular formula is C18H23NO4. The van der Waals surface area contributed by atoms with Crippen LogP contribution in [0, 0.1) is 5.92 Å². The maximum Gasteiger partial charge on any atom is 0.326 e. The van der Waals surface area contributed by atoms with Crippen molar-refractivity contribution in [2.24, 2.45) is 5.92 Å². The van der Waals surface area contributed by atoms with Crippen LogP contribution in [0.15, 0.2) is 24.3 Å². The first-order valence-corrected chi connectivity index (χ1v) is 8.14. The van der Waals surface area contributed by atoms with E-state index in [0.29, 0.717) is 17.9 Å². The standard InChI is InChI=1S/C18H23NO4/c1-2-12-5-7-14(8-6-12)16(20)9-10-17(21)19-15(18(22)23)11-13-3-4-13/h5-8,13,15H,2-4,9-11H2,1H3,(H,19,21)(H,22,23). The largest absolute Gasteiger partial charge is 0.480 e. The van der Waals surface area contributed by atoms with Crippen LogP contribution in [0.5, 0.6) is 0 Å². The monoisotopic (exact) mass is 317 g/mol. The van der Waals surface area contributed by atoms with Crippen molar-refractivity contribution in [1.29, 1.82) is 0 Å². The van der Waals surface area contributed by atoms with Crippen molar-refractivity contribution < 1.29 is 19.5 Å². The smallest absolute Gasteiger partial charge is 0.326 e. The predicted molar refractivity (Wildman–Crippen MR) is 86.3 cm³/mol. The maximum atomic E-state index is 12.1. The first-order chi connectivity index (χ1) is 11.0. The minimum absolute atomic E-state index is 0.0167. The van der Waals surface area contributed by atoms with E-state index < -0.39 is 12.0 Å². The molecule has 1 fully saturated rings. The van der Waals surface area contributed by atoms with Gasteiger partial charge in [-0.3, -0.25) is 9.59 Å². The van der Waals surface area contributed by atoms with Crippen LogP contribution >= 0.6 is 0 Å². The number of aliphatic carboxylic acids is 1. The summed E-state index contributed by atoms with van der Waals surface area (Å²) in [5.41, 5.74) is 1.74. The lowest BCUT2D eigenvalue weighted by Crippen LogP contribution is -2.41. The number of carbonyl (C=O) groups is 3. The second kappa shape index (κ2) is 7.90. The highest BCUT2D eigenvalue weighted by Crippen LogP contribution is 2.33. The lowest BCUT2D eigenvalue weighted by Gasteiger charge is -2.13. The van der Waals surface area contributed by atoms with Gasteiger partial charge in [0.15, 0.2) is 5.78 Å². The molecule has 1 aromatic carbocycles. The summed E-state index contributed by atoms with van der Waals surface area (Å²) in [6.07, 6.45) is 3.57. The first-order valence-electron chi connectivity index (χ1n) is 8.14. The summed E-state index contributed by atoms with van der Waals surface area (Å²) in [4.78, 5) is 35.1. The van der Waals surface area contributed by atoms with Crippen LogP contribution in [0.25, 0.3) is 0 Å². The molecule has 1 saturated carbocycles. The van der Waals surface area contributed by atoms with Crippen molar-refractivity contribution in [3.05, 3.63) is 35.4 Å². The van der Waals surface area contributed by atoms with Gasteiger partial charge in [0.05, 0.1) is 0 Å². The topological polar surface area (TPSA) is 83.5 Å². The van der Waals surface area contributed by atoms with Gasteiger partial charge in [-0.1, -0.05) is 44.0 Å². The quantitative estimate of drug-likeness (QED) is 0.686. The molecule has 0 saturated heterocycles. The number of carboxylic acids is 1. The Labute approximate surface area is 136 Å². The molecule has 0 aliphatic heterocycles. The number of Topliss-reactive ketones (excluding diaryl/α,β-unsaturated/α-hetero) is 1. The molecule has 0 aromatic heterocycles. The van der Waals surface area contributed by atoms with E-state index in [1.807, 2.05) is 19.1 Å². The Balaban J connectivity index is 1.79. The molecule has 0 spiro atoms. The molecule has 124 valence electrons. The molecule has 1 aromatic rings. The van der Waals surface area contributed by atoms with Gasteiger partial charge in [-0.25, -0.2) is 4.79 Å². The van der Waals surface area contributed by atoms with E-state index in [9.17, 15) is 14.4 Å². The van der Waals surface area contributed by atoms with Crippen molar-refractivity contribution in [3.8, 4) is 0 Å². The third kappa shape index (κ3) is 5.51. The molecule has 0 radical (unpaired) electrons. The SMILES string of the molecule is CCc1ccc(C(=O)CCC(=O)NC(CC2CC2)C(=O)O)cc1. The molecule has 1 amide bonds. The first kappa shape index (κ1) is 17.2. The third-order valence-corrected chi connectivity index (χ3v) is 4.16. The van der Waals surface area contributed by atoms with E-state index in [1.165, 1.54) is 0 Å². The zero-order valence-electron chi connectivity index (χ0n) is 13.4. The molecule has 23 heavy (non-hydrogen) atoms. The van der Waals surface area contributed by atoms with Gasteiger partial charge in [0.25, 0.3) is 0 Å². The van der Waals surface area contributed by atoms with Gasteiger partial charge in [0, 0.05) is 18.4 Å². The van der Waals surface area contributed by atoms with Gasteiger partial charge >= 0.3 is 5.97 Å². The molecule has 2 rings (SSSR count). The summed E-state index contributed by atoms with van der Waals surface area (Å²) in [5.74, 6) is -1.07. The highest BCUT2D eigenvalue weighted by molar-refractivity contribution is 5.98. The minimum atomic E-state index is -1.01. The summed E-state index contributed by atoms with van der Waals surface area (Å²) < 4.78 is 0. The van der Waals surface area contributed by atoms with Crippen molar-refractivity contribution in [2.75, 3.05) is 0 Å². The summed E-state index contributed by atoms with van der Waals surface area (Å²) in [6, 6.07) is 6.51. The van der Waals surface area contributed by atoms with Crippen LogP contribution in [-0.4, -0.2) is 28.8 Å². The van der Waals surface area contributed by atoms with E-state index in [4.69, 9.17) is 5.11 Å². The maximum absolute atomic E-state index is 12.1. The summed E-state index contributed by atoms with van der Waals surface area (Å²) >= 11 is 0. The fraction of sp³-hybridized carbons (Fsp3) is 0.500. The molecule has 0 bridgehead atoms. The normalized spacial score (nSPS) is 15.0. The third-order valence-electron chi connectivity index (χ3n) is 4.16. The average Bonchev–Trinajstić information content (AvgIpc) is 3.36. The predicted octanol–water partition coefficient (Wildman–Crippen LogP) is 2.58. The summed E-state index contributed by atoms with van der Waals surface area (Å²) in [6.45, 7) is 2.04. The molecular weight excluding hydrogens is 294 g/mol. The number of carboxylic acid groups (broad SMARTS) is 1. The van der Waals surface area contributed by atoms with Gasteiger partial charge < -0.3 is 10.4 Å². The Morgan fingerprint density at radius 2 is 1.83 bits per heavy atom. The number of amides is 1. The van der Waals surface area contributed by atoms with E-state index >= 15 is 0 Å². The van der Waals surface area contributed by atoms with E-state index in [-0.39, 0.29) is 24.5 Å². The fourth-order valence-corrected chi connectivity index (χ4v) is 2.47. The van der Waals surface area contributed by atoms with E-state index in [1.54, 1.807) is 12.1 Å². The van der Waals surface area contributed by atoms with Crippen molar-refractivity contribution in [3.63, 3.8) is 0 Å². The van der Waals surface area contributed by atoms with Gasteiger partial charge in [-0.05, 0) is 24.3 Å². The van der Waals surface area contributed by atoms with Gasteiger partial charge in [-0.15, -0.1) is 0 Å². The second-order valence-electron chi connectivity index (χ2n) is 6.11. The number of hydrogen-bond acceptors (Lipinski definition) is 3. The Bertz CT molecular complexity index is 575. The number of rotatable bonds is 9. The number of benzene rings is 1. The zero-order valence-corrected chi connectivity index (χ0v) is 13.4. The molecule has 5 nitrogen and oxygen atoms in total. The van der Waals surface area contributed by atoms with E-state index in [2.05, 4.69) is 5.32 Å². The number of hydrogen-bond donors (Lipinski definition) is 2. The van der Waals surface area contributed by atoms with Gasteiger partial charge in [0.2, 0.25) is 5.91 Å². The van der Waals surface area contributed by atoms with Crippen molar-refractivity contribution >= 4 is 17.7 Å². The average molecular weight is 317 g/mol. The fourth-order valence-electron chi connectivity index (χ4n) is 2.47. The summed E-state index contributed by atoms with van der Waals surface area (Å²) in [5, 5.41) is 11.6. The van der Waals surface area contributed by atoms with E-state index in [0.717, 1.165) is 24.8 Å².